The largest absolute Gasteiger partial charge is 0.364 e. The first-order chi connectivity index (χ1) is 12.2. The first-order valence-electron chi connectivity index (χ1n) is 9.16. The van der Waals surface area contributed by atoms with Gasteiger partial charge < -0.3 is 19.9 Å². The summed E-state index contributed by atoms with van der Waals surface area (Å²) in [6, 6.07) is 6.06. The summed E-state index contributed by atoms with van der Waals surface area (Å²) in [7, 11) is 0. The molecule has 2 N–H and O–H groups in total. The fraction of sp³-hybridized carbons (Fsp3) is 0.579. The minimum absolute atomic E-state index is 0.0924. The Kier molecular flexibility index (Phi) is 4.48. The lowest BCUT2D eigenvalue weighted by Crippen LogP contribution is -2.43. The van der Waals surface area contributed by atoms with Gasteiger partial charge in [0, 0.05) is 25.0 Å². The molecule has 0 aliphatic carbocycles. The van der Waals surface area contributed by atoms with E-state index >= 15 is 0 Å². The Morgan fingerprint density at radius 2 is 2.32 bits per heavy atom. The molecule has 0 bridgehead atoms. The van der Waals surface area contributed by atoms with Gasteiger partial charge in [-0.2, -0.15) is 0 Å². The SMILES string of the molecule is Cc1cccc2[nH]c(COCC(=O)N3CC[C@@]4(CCCNC4)C3)nc12. The first-order valence-corrected chi connectivity index (χ1v) is 9.16. The Hall–Kier alpha value is -1.92. The van der Waals surface area contributed by atoms with Gasteiger partial charge in [-0.15, -0.1) is 0 Å². The smallest absolute Gasteiger partial charge is 0.248 e. The molecule has 2 aromatic rings. The minimum atomic E-state index is 0.0924. The van der Waals surface area contributed by atoms with E-state index in [1.807, 2.05) is 30.0 Å². The van der Waals surface area contributed by atoms with E-state index in [2.05, 4.69) is 15.3 Å². The van der Waals surface area contributed by atoms with Gasteiger partial charge in [0.05, 0.1) is 11.0 Å². The van der Waals surface area contributed by atoms with Crippen LogP contribution in [0.15, 0.2) is 18.2 Å². The molecular weight excluding hydrogens is 316 g/mol. The van der Waals surface area contributed by atoms with Crippen molar-refractivity contribution in [3.8, 4) is 0 Å². The average Bonchev–Trinajstić information content (AvgIpc) is 3.21. The van der Waals surface area contributed by atoms with Crippen LogP contribution in [0.2, 0.25) is 0 Å². The molecule has 0 saturated carbocycles. The number of aromatic nitrogens is 2. The van der Waals surface area contributed by atoms with Crippen molar-refractivity contribution < 1.29 is 9.53 Å². The maximum Gasteiger partial charge on any atom is 0.248 e. The predicted molar refractivity (Wildman–Crippen MR) is 96.2 cm³/mol. The lowest BCUT2D eigenvalue weighted by atomic mass is 9.80. The summed E-state index contributed by atoms with van der Waals surface area (Å²) in [5.41, 5.74) is 3.42. The highest BCUT2D eigenvalue weighted by Gasteiger charge is 2.40. The zero-order valence-corrected chi connectivity index (χ0v) is 14.8. The third kappa shape index (κ3) is 3.41. The summed E-state index contributed by atoms with van der Waals surface area (Å²) in [4.78, 5) is 22.2. The molecule has 1 aromatic heterocycles. The van der Waals surface area contributed by atoms with Crippen molar-refractivity contribution in [1.82, 2.24) is 20.2 Å². The Labute approximate surface area is 147 Å². The van der Waals surface area contributed by atoms with Crippen LogP contribution in [0.5, 0.6) is 0 Å². The molecule has 0 unspecified atom stereocenters. The molecule has 1 amide bonds. The molecule has 134 valence electrons. The Balaban J connectivity index is 1.29. The second kappa shape index (κ2) is 6.77. The van der Waals surface area contributed by atoms with E-state index in [1.54, 1.807) is 0 Å². The van der Waals surface area contributed by atoms with Crippen LogP contribution in [-0.2, 0) is 16.1 Å². The van der Waals surface area contributed by atoms with Crippen LogP contribution in [0.25, 0.3) is 11.0 Å². The highest BCUT2D eigenvalue weighted by Crippen LogP contribution is 2.36. The number of hydrogen-bond donors (Lipinski definition) is 2. The fourth-order valence-electron chi connectivity index (χ4n) is 4.15. The number of carbonyl (C=O) groups excluding carboxylic acids is 1. The number of piperidine rings is 1. The van der Waals surface area contributed by atoms with E-state index in [0.29, 0.717) is 12.0 Å². The average molecular weight is 342 g/mol. The number of nitrogens with zero attached hydrogens (tertiary/aromatic N) is 2. The topological polar surface area (TPSA) is 70.2 Å². The van der Waals surface area contributed by atoms with Crippen LogP contribution in [0.4, 0.5) is 0 Å². The molecule has 1 aromatic carbocycles. The molecule has 2 fully saturated rings. The van der Waals surface area contributed by atoms with E-state index in [-0.39, 0.29) is 12.5 Å². The van der Waals surface area contributed by atoms with Gasteiger partial charge >= 0.3 is 0 Å². The minimum Gasteiger partial charge on any atom is -0.364 e. The van der Waals surface area contributed by atoms with Gasteiger partial charge in [0.15, 0.2) is 0 Å². The van der Waals surface area contributed by atoms with Crippen molar-refractivity contribution in [3.05, 3.63) is 29.6 Å². The molecule has 1 spiro atoms. The summed E-state index contributed by atoms with van der Waals surface area (Å²) in [5.74, 6) is 0.862. The van der Waals surface area contributed by atoms with Crippen molar-refractivity contribution in [2.75, 3.05) is 32.8 Å². The first kappa shape index (κ1) is 16.5. The number of carbonyl (C=O) groups is 1. The maximum atomic E-state index is 12.4. The lowest BCUT2D eigenvalue weighted by Gasteiger charge is -2.33. The third-order valence-corrected chi connectivity index (χ3v) is 5.58. The predicted octanol–water partition coefficient (Wildman–Crippen LogP) is 1.99. The zero-order chi connectivity index (χ0) is 17.3. The number of fused-ring (bicyclic) bond motifs is 1. The van der Waals surface area contributed by atoms with E-state index in [1.165, 1.54) is 12.8 Å². The van der Waals surface area contributed by atoms with E-state index in [0.717, 1.165) is 55.0 Å². The molecule has 25 heavy (non-hydrogen) atoms. The van der Waals surface area contributed by atoms with Crippen molar-refractivity contribution in [3.63, 3.8) is 0 Å². The number of para-hydroxylation sites is 1. The van der Waals surface area contributed by atoms with Gasteiger partial charge in [0.1, 0.15) is 19.0 Å². The van der Waals surface area contributed by atoms with E-state index in [4.69, 9.17) is 4.74 Å². The number of hydrogen-bond acceptors (Lipinski definition) is 4. The van der Waals surface area contributed by atoms with E-state index in [9.17, 15) is 4.79 Å². The van der Waals surface area contributed by atoms with E-state index < -0.39 is 0 Å². The standard InChI is InChI=1S/C19H26N4O2/c1-14-4-2-5-15-18(14)22-16(21-15)10-25-11-17(24)23-9-7-19(13-23)6-3-8-20-12-19/h2,4-5,20H,3,6-13H2,1H3,(H,21,22)/t19-/m1/s1. The molecule has 2 aliphatic heterocycles. The number of amides is 1. The van der Waals surface area contributed by atoms with Crippen LogP contribution >= 0.6 is 0 Å². The molecule has 4 rings (SSSR count). The van der Waals surface area contributed by atoms with Crippen molar-refractivity contribution in [2.24, 2.45) is 5.41 Å². The number of imidazole rings is 1. The van der Waals surface area contributed by atoms with Gasteiger partial charge in [-0.1, -0.05) is 12.1 Å². The van der Waals surface area contributed by atoms with Crippen molar-refractivity contribution >= 4 is 16.9 Å². The zero-order valence-electron chi connectivity index (χ0n) is 14.8. The van der Waals surface area contributed by atoms with Crippen LogP contribution in [0, 0.1) is 12.3 Å². The molecule has 3 heterocycles. The number of ether oxygens (including phenoxy) is 1. The normalized spacial score (nSPS) is 23.6. The molecule has 6 heteroatoms. The summed E-state index contributed by atoms with van der Waals surface area (Å²) in [5, 5.41) is 3.48. The van der Waals surface area contributed by atoms with Gasteiger partial charge in [0.2, 0.25) is 5.91 Å². The monoisotopic (exact) mass is 342 g/mol. The second-order valence-electron chi connectivity index (χ2n) is 7.49. The quantitative estimate of drug-likeness (QED) is 0.891. The number of aromatic amines is 1. The molecule has 1 atom stereocenters. The highest BCUT2D eigenvalue weighted by molar-refractivity contribution is 5.79. The van der Waals surface area contributed by atoms with Gasteiger partial charge in [-0.3, -0.25) is 4.79 Å². The molecule has 6 nitrogen and oxygen atoms in total. The second-order valence-corrected chi connectivity index (χ2v) is 7.49. The number of nitrogens with one attached hydrogen (secondary N) is 2. The molecule has 0 radical (unpaired) electrons. The summed E-state index contributed by atoms with van der Waals surface area (Å²) in [6.45, 7) is 6.37. The third-order valence-electron chi connectivity index (χ3n) is 5.58. The van der Waals surface area contributed by atoms with Crippen molar-refractivity contribution in [2.45, 2.75) is 32.8 Å². The maximum absolute atomic E-state index is 12.4. The molecule has 2 aliphatic rings. The number of benzene rings is 1. The van der Waals surface area contributed by atoms with Gasteiger partial charge in [-0.05, 0) is 44.4 Å². The highest BCUT2D eigenvalue weighted by atomic mass is 16.5. The number of likely N-dealkylation sites (tertiary alicyclic amines) is 1. The number of aryl methyl sites for hydroxylation is 1. The summed E-state index contributed by atoms with van der Waals surface area (Å²) in [6.07, 6.45) is 3.54. The summed E-state index contributed by atoms with van der Waals surface area (Å²) >= 11 is 0. The number of rotatable bonds is 4. The van der Waals surface area contributed by atoms with Crippen LogP contribution < -0.4 is 5.32 Å². The Bertz CT molecular complexity index is 764. The molecule has 2 saturated heterocycles. The summed E-state index contributed by atoms with van der Waals surface area (Å²) < 4.78 is 5.64. The van der Waals surface area contributed by atoms with Crippen LogP contribution in [-0.4, -0.2) is 53.6 Å². The van der Waals surface area contributed by atoms with Crippen LogP contribution in [0.1, 0.15) is 30.7 Å². The van der Waals surface area contributed by atoms with Crippen LogP contribution in [0.3, 0.4) is 0 Å². The fourth-order valence-corrected chi connectivity index (χ4v) is 4.15. The number of H-pyrrole nitrogens is 1. The van der Waals surface area contributed by atoms with Gasteiger partial charge in [-0.25, -0.2) is 4.98 Å². The lowest BCUT2D eigenvalue weighted by molar-refractivity contribution is -0.136. The Morgan fingerprint density at radius 3 is 3.12 bits per heavy atom. The van der Waals surface area contributed by atoms with Gasteiger partial charge in [0.25, 0.3) is 0 Å². The molecular formula is C19H26N4O2. The Morgan fingerprint density at radius 1 is 1.40 bits per heavy atom. The van der Waals surface area contributed by atoms with Crippen molar-refractivity contribution in [1.29, 1.82) is 0 Å².